The van der Waals surface area contributed by atoms with Gasteiger partial charge in [-0.2, -0.15) is 0 Å². The molecule has 0 fully saturated rings. The maximum Gasteiger partial charge on any atom is 0.133 e. The molecule has 0 bridgehead atoms. The van der Waals surface area contributed by atoms with Crippen molar-refractivity contribution in [2.75, 3.05) is 13.3 Å². The number of hydrogen-bond donors (Lipinski definition) is 0. The van der Waals surface area contributed by atoms with Gasteiger partial charge < -0.3 is 4.74 Å². The average molecular weight is 260 g/mol. The van der Waals surface area contributed by atoms with Crippen molar-refractivity contribution in [2.45, 2.75) is 13.8 Å². The Hall–Kier alpha value is -0.570. The van der Waals surface area contributed by atoms with Crippen molar-refractivity contribution in [3.63, 3.8) is 0 Å². The van der Waals surface area contributed by atoms with E-state index in [1.54, 1.807) is 6.92 Å². The van der Waals surface area contributed by atoms with E-state index in [1.165, 1.54) is 0 Å². The van der Waals surface area contributed by atoms with Crippen LogP contribution in [0.1, 0.15) is 19.4 Å². The normalized spacial score (nSPS) is 10.6. The third kappa shape index (κ3) is 2.47. The summed E-state index contributed by atoms with van der Waals surface area (Å²) in [6, 6.07) is 5.61. The monoisotopic (exact) mass is 259 g/mol. The fourth-order valence-electron chi connectivity index (χ4n) is 1.18. The van der Waals surface area contributed by atoms with E-state index in [0.717, 1.165) is 15.8 Å². The quantitative estimate of drug-likeness (QED) is 0.800. The molecule has 0 aromatic heterocycles. The van der Waals surface area contributed by atoms with Crippen LogP contribution >= 0.6 is 15.9 Å². The van der Waals surface area contributed by atoms with Crippen LogP contribution < -0.4 is 4.74 Å². The standard InChI is InChI=1S/C11H13BrFO/c1-3-14-10-6-4-5-9(11(10)12)8(2)7-13/h4-6H,3,7H2,1-2H3. The molecule has 0 saturated carbocycles. The first kappa shape index (κ1) is 11.5. The Morgan fingerprint density at radius 1 is 1.50 bits per heavy atom. The summed E-state index contributed by atoms with van der Waals surface area (Å²) in [4.78, 5) is 0. The number of benzene rings is 1. The van der Waals surface area contributed by atoms with Gasteiger partial charge in [0.05, 0.1) is 17.8 Å². The first-order valence-electron chi connectivity index (χ1n) is 4.50. The topological polar surface area (TPSA) is 9.23 Å². The van der Waals surface area contributed by atoms with E-state index in [1.807, 2.05) is 25.1 Å². The molecule has 0 unspecified atom stereocenters. The van der Waals surface area contributed by atoms with Crippen molar-refractivity contribution in [1.29, 1.82) is 0 Å². The second kappa shape index (κ2) is 5.35. The van der Waals surface area contributed by atoms with Crippen molar-refractivity contribution in [3.8, 4) is 5.75 Å². The number of ether oxygens (including phenoxy) is 1. The van der Waals surface area contributed by atoms with Crippen molar-refractivity contribution in [3.05, 3.63) is 34.2 Å². The van der Waals surface area contributed by atoms with Crippen molar-refractivity contribution in [2.24, 2.45) is 0 Å². The minimum Gasteiger partial charge on any atom is -0.493 e. The highest BCUT2D eigenvalue weighted by Gasteiger charge is 2.12. The van der Waals surface area contributed by atoms with E-state index < -0.39 is 6.67 Å². The second-order valence-electron chi connectivity index (χ2n) is 2.96. The van der Waals surface area contributed by atoms with Crippen molar-refractivity contribution in [1.82, 2.24) is 0 Å². The van der Waals surface area contributed by atoms with E-state index in [0.29, 0.717) is 12.5 Å². The lowest BCUT2D eigenvalue weighted by atomic mass is 10.0. The molecule has 0 spiro atoms. The summed E-state index contributed by atoms with van der Waals surface area (Å²) in [6.07, 6.45) is 0. The van der Waals surface area contributed by atoms with Crippen LogP contribution in [0, 0.1) is 5.92 Å². The predicted molar refractivity (Wildman–Crippen MR) is 59.3 cm³/mol. The molecular formula is C11H13BrFO. The first-order valence-corrected chi connectivity index (χ1v) is 5.30. The summed E-state index contributed by atoms with van der Waals surface area (Å²) in [5.74, 6) is 1.47. The van der Waals surface area contributed by atoms with Gasteiger partial charge in [0.1, 0.15) is 5.75 Å². The molecule has 3 heteroatoms. The highest BCUT2D eigenvalue weighted by atomic mass is 79.9. The van der Waals surface area contributed by atoms with Gasteiger partial charge in [-0.05, 0) is 34.5 Å². The zero-order valence-electron chi connectivity index (χ0n) is 8.31. The third-order valence-corrected chi connectivity index (χ3v) is 2.74. The lowest BCUT2D eigenvalue weighted by Crippen LogP contribution is -2.00. The van der Waals surface area contributed by atoms with Crippen LogP contribution in [-0.4, -0.2) is 13.3 Å². The first-order chi connectivity index (χ1) is 6.70. The smallest absolute Gasteiger partial charge is 0.133 e. The summed E-state index contributed by atoms with van der Waals surface area (Å²) in [5.41, 5.74) is 0.874. The van der Waals surface area contributed by atoms with E-state index in [9.17, 15) is 4.39 Å². The molecule has 1 nitrogen and oxygen atoms in total. The Morgan fingerprint density at radius 3 is 2.79 bits per heavy atom. The highest BCUT2D eigenvalue weighted by Crippen LogP contribution is 2.32. The number of rotatable bonds is 4. The average Bonchev–Trinajstić information content (AvgIpc) is 2.20. The van der Waals surface area contributed by atoms with Gasteiger partial charge in [-0.1, -0.05) is 19.1 Å². The maximum atomic E-state index is 12.5. The predicted octanol–water partition coefficient (Wildman–Crippen LogP) is 3.76. The number of alkyl halides is 1. The lowest BCUT2D eigenvalue weighted by Gasteiger charge is -2.12. The van der Waals surface area contributed by atoms with Crippen molar-refractivity contribution < 1.29 is 9.13 Å². The minimum atomic E-state index is -0.436. The van der Waals surface area contributed by atoms with Gasteiger partial charge in [0.2, 0.25) is 0 Å². The van der Waals surface area contributed by atoms with Crippen LogP contribution in [-0.2, 0) is 0 Å². The van der Waals surface area contributed by atoms with Crippen LogP contribution in [0.15, 0.2) is 22.7 Å². The second-order valence-corrected chi connectivity index (χ2v) is 3.76. The van der Waals surface area contributed by atoms with Gasteiger partial charge >= 0.3 is 0 Å². The molecule has 77 valence electrons. The largest absolute Gasteiger partial charge is 0.493 e. The van der Waals surface area contributed by atoms with Gasteiger partial charge in [0.25, 0.3) is 0 Å². The molecule has 0 aliphatic carbocycles. The molecule has 1 aromatic carbocycles. The molecule has 1 aromatic rings. The Kier molecular flexibility index (Phi) is 4.39. The SMILES string of the molecule is CCOc1cccc([C](C)CF)c1Br. The van der Waals surface area contributed by atoms with Gasteiger partial charge in [0.15, 0.2) is 0 Å². The van der Waals surface area contributed by atoms with Gasteiger partial charge in [-0.25, -0.2) is 0 Å². The van der Waals surface area contributed by atoms with Crippen LogP contribution in [0.25, 0.3) is 0 Å². The van der Waals surface area contributed by atoms with Crippen LogP contribution in [0.4, 0.5) is 4.39 Å². The number of halogens is 2. The summed E-state index contributed by atoms with van der Waals surface area (Å²) in [5, 5.41) is 0. The fraction of sp³-hybridized carbons (Fsp3) is 0.364. The number of hydrogen-bond acceptors (Lipinski definition) is 1. The van der Waals surface area contributed by atoms with Gasteiger partial charge in [-0.3, -0.25) is 4.39 Å². The Labute approximate surface area is 92.4 Å². The molecule has 0 atom stereocenters. The minimum absolute atomic E-state index is 0.436. The van der Waals surface area contributed by atoms with Crippen LogP contribution in [0.3, 0.4) is 0 Å². The van der Waals surface area contributed by atoms with E-state index >= 15 is 0 Å². The molecule has 0 aliphatic rings. The van der Waals surface area contributed by atoms with Gasteiger partial charge in [0, 0.05) is 5.92 Å². The molecule has 0 N–H and O–H groups in total. The molecule has 1 radical (unpaired) electrons. The highest BCUT2D eigenvalue weighted by molar-refractivity contribution is 9.10. The van der Waals surface area contributed by atoms with E-state index in [-0.39, 0.29) is 0 Å². The Balaban J connectivity index is 3.00. The zero-order valence-corrected chi connectivity index (χ0v) is 9.90. The molecule has 0 heterocycles. The molecule has 0 amide bonds. The Bertz CT molecular complexity index is 301. The van der Waals surface area contributed by atoms with Crippen LogP contribution in [0.2, 0.25) is 0 Å². The van der Waals surface area contributed by atoms with Gasteiger partial charge in [-0.15, -0.1) is 0 Å². The summed E-state index contributed by atoms with van der Waals surface area (Å²) >= 11 is 3.41. The van der Waals surface area contributed by atoms with Crippen molar-refractivity contribution >= 4 is 15.9 Å². The molecule has 0 aliphatic heterocycles. The Morgan fingerprint density at radius 2 is 2.21 bits per heavy atom. The summed E-state index contributed by atoms with van der Waals surface area (Å²) in [6.45, 7) is 3.87. The maximum absolute atomic E-state index is 12.5. The summed E-state index contributed by atoms with van der Waals surface area (Å²) < 4.78 is 18.7. The molecular weight excluding hydrogens is 247 g/mol. The molecule has 14 heavy (non-hydrogen) atoms. The molecule has 0 saturated heterocycles. The third-order valence-electron chi connectivity index (χ3n) is 1.92. The summed E-state index contributed by atoms with van der Waals surface area (Å²) in [7, 11) is 0. The fourth-order valence-corrected chi connectivity index (χ4v) is 1.90. The zero-order chi connectivity index (χ0) is 10.6. The lowest BCUT2D eigenvalue weighted by molar-refractivity contribution is 0.337. The van der Waals surface area contributed by atoms with E-state index in [2.05, 4.69) is 15.9 Å². The molecule has 1 rings (SSSR count). The van der Waals surface area contributed by atoms with Crippen LogP contribution in [0.5, 0.6) is 5.75 Å². The van der Waals surface area contributed by atoms with E-state index in [4.69, 9.17) is 4.74 Å².